The Bertz CT molecular complexity index is 367. The number of hydrogen-bond donors (Lipinski definition) is 1. The van der Waals surface area contributed by atoms with Crippen LogP contribution in [0.4, 0.5) is 13.2 Å². The zero-order valence-corrected chi connectivity index (χ0v) is 9.56. The lowest BCUT2D eigenvalue weighted by molar-refractivity contribution is -0.137. The lowest BCUT2D eigenvalue weighted by Gasteiger charge is -2.13. The first-order valence-corrected chi connectivity index (χ1v) is 5.95. The third-order valence-electron chi connectivity index (χ3n) is 3.20. The fourth-order valence-electron chi connectivity index (χ4n) is 2.25. The molecule has 0 aliphatic heterocycles. The Morgan fingerprint density at radius 3 is 2.53 bits per heavy atom. The largest absolute Gasteiger partial charge is 0.416 e. The molecule has 2 rings (SSSR count). The van der Waals surface area contributed by atoms with Gasteiger partial charge in [0.15, 0.2) is 0 Å². The number of alkyl halides is 3. The van der Waals surface area contributed by atoms with Crippen molar-refractivity contribution in [3.8, 4) is 0 Å². The molecule has 1 aromatic carbocycles. The molecule has 17 heavy (non-hydrogen) atoms. The van der Waals surface area contributed by atoms with Gasteiger partial charge >= 0.3 is 6.18 Å². The predicted molar refractivity (Wildman–Crippen MR) is 60.5 cm³/mol. The normalized spacial score (nSPS) is 17.6. The molecular formula is C13H16F3N. The van der Waals surface area contributed by atoms with Crippen LogP contribution in [0.2, 0.25) is 0 Å². The van der Waals surface area contributed by atoms with Gasteiger partial charge in [-0.1, -0.05) is 31.0 Å². The first-order valence-electron chi connectivity index (χ1n) is 5.95. The second kappa shape index (κ2) is 5.08. The summed E-state index contributed by atoms with van der Waals surface area (Å²) in [5, 5.41) is 3.31. The lowest BCUT2D eigenvalue weighted by atomic mass is 10.1. The highest BCUT2D eigenvalue weighted by molar-refractivity contribution is 5.25. The summed E-state index contributed by atoms with van der Waals surface area (Å²) in [6, 6.07) is 6.01. The van der Waals surface area contributed by atoms with Crippen LogP contribution < -0.4 is 5.32 Å². The Morgan fingerprint density at radius 2 is 1.88 bits per heavy atom. The van der Waals surface area contributed by atoms with Crippen molar-refractivity contribution in [1.82, 2.24) is 5.32 Å². The summed E-state index contributed by atoms with van der Waals surface area (Å²) in [6.07, 6.45) is 0.474. The van der Waals surface area contributed by atoms with Crippen molar-refractivity contribution in [1.29, 1.82) is 0 Å². The van der Waals surface area contributed by atoms with Gasteiger partial charge in [-0.25, -0.2) is 0 Å². The van der Waals surface area contributed by atoms with Crippen molar-refractivity contribution < 1.29 is 13.2 Å². The molecule has 1 saturated carbocycles. The first-order chi connectivity index (χ1) is 8.05. The van der Waals surface area contributed by atoms with E-state index in [0.29, 0.717) is 18.2 Å². The van der Waals surface area contributed by atoms with Gasteiger partial charge in [-0.2, -0.15) is 13.2 Å². The lowest BCUT2D eigenvalue weighted by Crippen LogP contribution is -2.25. The van der Waals surface area contributed by atoms with Gasteiger partial charge in [-0.15, -0.1) is 0 Å². The molecule has 0 bridgehead atoms. The maximum atomic E-state index is 12.5. The summed E-state index contributed by atoms with van der Waals surface area (Å²) >= 11 is 0. The Kier molecular flexibility index (Phi) is 3.72. The van der Waals surface area contributed by atoms with Gasteiger partial charge < -0.3 is 5.32 Å². The van der Waals surface area contributed by atoms with Crippen molar-refractivity contribution in [3.63, 3.8) is 0 Å². The molecule has 0 aromatic heterocycles. The van der Waals surface area contributed by atoms with Gasteiger partial charge in [-0.05, 0) is 24.5 Å². The highest BCUT2D eigenvalue weighted by atomic mass is 19.4. The summed E-state index contributed by atoms with van der Waals surface area (Å²) in [5.41, 5.74) is 0.134. The van der Waals surface area contributed by atoms with Gasteiger partial charge in [0, 0.05) is 12.6 Å². The molecule has 1 fully saturated rings. The number of halogens is 3. The Balaban J connectivity index is 1.96. The summed E-state index contributed by atoms with van der Waals surface area (Å²) in [7, 11) is 0. The van der Waals surface area contributed by atoms with Crippen molar-refractivity contribution in [2.24, 2.45) is 0 Å². The highest BCUT2D eigenvalue weighted by Crippen LogP contribution is 2.29. The molecule has 4 heteroatoms. The number of benzene rings is 1. The molecule has 1 aliphatic rings. The molecule has 1 aliphatic carbocycles. The van der Waals surface area contributed by atoms with Crippen molar-refractivity contribution in [3.05, 3.63) is 35.4 Å². The first kappa shape index (κ1) is 12.4. The van der Waals surface area contributed by atoms with E-state index in [9.17, 15) is 13.2 Å². The van der Waals surface area contributed by atoms with Crippen LogP contribution in [0.15, 0.2) is 24.3 Å². The summed E-state index contributed by atoms with van der Waals surface area (Å²) in [4.78, 5) is 0. The van der Waals surface area contributed by atoms with Crippen molar-refractivity contribution >= 4 is 0 Å². The van der Waals surface area contributed by atoms with Crippen LogP contribution in [0.5, 0.6) is 0 Å². The van der Waals surface area contributed by atoms with E-state index in [0.717, 1.165) is 18.9 Å². The third-order valence-corrected chi connectivity index (χ3v) is 3.20. The van der Waals surface area contributed by atoms with Crippen LogP contribution >= 0.6 is 0 Å². The average molecular weight is 243 g/mol. The van der Waals surface area contributed by atoms with Gasteiger partial charge in [0.05, 0.1) is 5.56 Å². The van der Waals surface area contributed by atoms with Crippen molar-refractivity contribution in [2.45, 2.75) is 44.4 Å². The summed E-state index contributed by atoms with van der Waals surface area (Å²) < 4.78 is 37.5. The minimum Gasteiger partial charge on any atom is -0.310 e. The molecule has 0 spiro atoms. The van der Waals surface area contributed by atoms with Gasteiger partial charge in [0.2, 0.25) is 0 Å². The Morgan fingerprint density at radius 1 is 1.18 bits per heavy atom. The molecule has 94 valence electrons. The quantitative estimate of drug-likeness (QED) is 0.852. The van der Waals surface area contributed by atoms with Crippen LogP contribution in [0.3, 0.4) is 0 Å². The Labute approximate surface area is 99.0 Å². The molecule has 1 nitrogen and oxygen atoms in total. The average Bonchev–Trinajstić information content (AvgIpc) is 2.78. The maximum absolute atomic E-state index is 12.5. The monoisotopic (exact) mass is 243 g/mol. The van der Waals surface area contributed by atoms with E-state index in [2.05, 4.69) is 5.32 Å². The molecule has 1 N–H and O–H groups in total. The highest BCUT2D eigenvalue weighted by Gasteiger charge is 2.30. The number of nitrogens with one attached hydrogen (secondary N) is 1. The maximum Gasteiger partial charge on any atom is 0.416 e. The van der Waals surface area contributed by atoms with Gasteiger partial charge in [0.1, 0.15) is 0 Å². The fraction of sp³-hybridized carbons (Fsp3) is 0.538. The summed E-state index contributed by atoms with van der Waals surface area (Å²) in [6.45, 7) is 0.522. The molecule has 1 aromatic rings. The molecule has 0 saturated heterocycles. The number of rotatable bonds is 3. The van der Waals surface area contributed by atoms with Crippen molar-refractivity contribution in [2.75, 3.05) is 0 Å². The fourth-order valence-corrected chi connectivity index (χ4v) is 2.25. The zero-order chi connectivity index (χ0) is 12.3. The van der Waals surface area contributed by atoms with E-state index in [4.69, 9.17) is 0 Å². The van der Waals surface area contributed by atoms with Crippen LogP contribution in [0.1, 0.15) is 36.8 Å². The van der Waals surface area contributed by atoms with Gasteiger partial charge in [-0.3, -0.25) is 0 Å². The Hall–Kier alpha value is -1.03. The van der Waals surface area contributed by atoms with E-state index in [-0.39, 0.29) is 0 Å². The second-order valence-corrected chi connectivity index (χ2v) is 4.56. The summed E-state index contributed by atoms with van der Waals surface area (Å²) in [5.74, 6) is 0. The van der Waals surface area contributed by atoms with Crippen LogP contribution in [0, 0.1) is 0 Å². The SMILES string of the molecule is FC(F)(F)c1cccc(CNC2CCCC2)c1. The predicted octanol–water partition coefficient (Wildman–Crippen LogP) is 3.74. The molecular weight excluding hydrogens is 227 g/mol. The smallest absolute Gasteiger partial charge is 0.310 e. The van der Waals surface area contributed by atoms with Crippen LogP contribution in [-0.2, 0) is 12.7 Å². The second-order valence-electron chi connectivity index (χ2n) is 4.56. The third kappa shape index (κ3) is 3.46. The van der Waals surface area contributed by atoms with Gasteiger partial charge in [0.25, 0.3) is 0 Å². The van der Waals surface area contributed by atoms with E-state index >= 15 is 0 Å². The van der Waals surface area contributed by atoms with E-state index in [1.54, 1.807) is 6.07 Å². The minimum atomic E-state index is -4.25. The van der Waals surface area contributed by atoms with E-state index in [1.807, 2.05) is 0 Å². The van der Waals surface area contributed by atoms with E-state index < -0.39 is 11.7 Å². The molecule has 0 amide bonds. The standard InChI is InChI=1S/C13H16F3N/c14-13(15,16)11-5-3-4-10(8-11)9-17-12-6-1-2-7-12/h3-5,8,12,17H,1-2,6-7,9H2. The minimum absolute atomic E-state index is 0.476. The van der Waals surface area contributed by atoms with E-state index in [1.165, 1.54) is 25.0 Å². The molecule has 0 heterocycles. The van der Waals surface area contributed by atoms with Crippen LogP contribution in [0.25, 0.3) is 0 Å². The van der Waals surface area contributed by atoms with Crippen LogP contribution in [-0.4, -0.2) is 6.04 Å². The zero-order valence-electron chi connectivity index (χ0n) is 9.56. The molecule has 0 atom stereocenters. The number of hydrogen-bond acceptors (Lipinski definition) is 1. The molecule has 0 radical (unpaired) electrons. The molecule has 0 unspecified atom stereocenters. The topological polar surface area (TPSA) is 12.0 Å².